The number of nitrogens with two attached hydrogens (primary N) is 1. The van der Waals surface area contributed by atoms with Gasteiger partial charge in [0.05, 0.1) is 32.3 Å². The van der Waals surface area contributed by atoms with Crippen LogP contribution in [0.3, 0.4) is 0 Å². The lowest BCUT2D eigenvalue weighted by atomic mass is 10.0. The number of hydrogen-bond donors (Lipinski definition) is 2. The molecule has 196 valence electrons. The second-order valence-electron chi connectivity index (χ2n) is 8.63. The van der Waals surface area contributed by atoms with Gasteiger partial charge in [-0.3, -0.25) is 14.5 Å². The van der Waals surface area contributed by atoms with E-state index in [9.17, 15) is 19.5 Å². The molecule has 2 aliphatic heterocycles. The van der Waals surface area contributed by atoms with E-state index in [1.165, 1.54) is 25.3 Å². The molecule has 4 rings (SSSR count). The van der Waals surface area contributed by atoms with E-state index in [-0.39, 0.29) is 22.4 Å². The van der Waals surface area contributed by atoms with Gasteiger partial charge in [0.15, 0.2) is 5.13 Å². The van der Waals surface area contributed by atoms with Crippen LogP contribution in [0.1, 0.15) is 11.6 Å². The van der Waals surface area contributed by atoms with E-state index in [1.54, 1.807) is 6.08 Å². The molecule has 15 nitrogen and oxygen atoms in total. The number of carbonyl (C=O) groups is 3. The molecule has 0 spiro atoms. The lowest BCUT2D eigenvalue weighted by Gasteiger charge is -2.50. The maximum atomic E-state index is 12.9. The Morgan fingerprint density at radius 3 is 2.86 bits per heavy atom. The number of thioether (sulfide) groups is 1. The van der Waals surface area contributed by atoms with Crippen LogP contribution in [0.2, 0.25) is 0 Å². The number of fused-ring (bicyclic) bond motifs is 1. The molecule has 17 heteroatoms. The van der Waals surface area contributed by atoms with Crippen molar-refractivity contribution < 1.29 is 33.3 Å². The van der Waals surface area contributed by atoms with Crippen molar-refractivity contribution in [3.8, 4) is 0 Å². The van der Waals surface area contributed by atoms with Gasteiger partial charge in [0, 0.05) is 17.3 Å². The van der Waals surface area contributed by atoms with Gasteiger partial charge in [-0.2, -0.15) is 14.3 Å². The van der Waals surface area contributed by atoms with E-state index < -0.39 is 29.2 Å². The molecule has 0 radical (unpaired) electrons. The number of nitrogen functional groups attached to an aromatic ring is 1. The Bertz CT molecular complexity index is 1290. The summed E-state index contributed by atoms with van der Waals surface area (Å²) in [5.41, 5.74) is 5.53. The van der Waals surface area contributed by atoms with Gasteiger partial charge in [-0.1, -0.05) is 16.4 Å². The van der Waals surface area contributed by atoms with E-state index in [1.807, 2.05) is 20.2 Å². The molecule has 0 unspecified atom stereocenters. The molecule has 0 bridgehead atoms. The molecule has 0 aromatic carbocycles. The zero-order valence-corrected chi connectivity index (χ0v) is 21.6. The highest BCUT2D eigenvalue weighted by Gasteiger charge is 2.53. The number of anilines is 1. The molecule has 4 heterocycles. The minimum Gasteiger partial charge on any atom is -0.543 e. The largest absolute Gasteiger partial charge is 0.543 e. The summed E-state index contributed by atoms with van der Waals surface area (Å²) in [5.74, 6) is -2.04. The third-order valence-corrected chi connectivity index (χ3v) is 7.27. The molecule has 0 saturated carbocycles. The van der Waals surface area contributed by atoms with Crippen molar-refractivity contribution in [1.82, 2.24) is 29.7 Å². The highest BCUT2D eigenvalue weighted by atomic mass is 32.2. The van der Waals surface area contributed by atoms with Crippen LogP contribution in [-0.2, 0) is 25.8 Å². The van der Waals surface area contributed by atoms with Crippen molar-refractivity contribution >= 4 is 51.9 Å². The Morgan fingerprint density at radius 2 is 2.24 bits per heavy atom. The fraction of sp³-hybridized carbons (Fsp3) is 0.400. The first-order chi connectivity index (χ1) is 17.6. The number of nitrogens with one attached hydrogen (secondary N) is 1. The molecular weight excluding hydrogens is 526 g/mol. The Morgan fingerprint density at radius 1 is 1.46 bits per heavy atom. The number of carboxylic acids is 1. The highest BCUT2D eigenvalue weighted by Crippen LogP contribution is 2.40. The number of nitrogens with zero attached hydrogens (tertiary/aromatic N) is 7. The summed E-state index contributed by atoms with van der Waals surface area (Å²) in [6.07, 6.45) is 4.75. The Hall–Kier alpha value is -3.83. The van der Waals surface area contributed by atoms with Crippen molar-refractivity contribution in [2.24, 2.45) is 5.16 Å². The van der Waals surface area contributed by atoms with E-state index in [4.69, 9.17) is 15.1 Å². The minimum absolute atomic E-state index is 0.0508. The third-order valence-electron chi connectivity index (χ3n) is 5.42. The topological polar surface area (TPSA) is 202 Å². The van der Waals surface area contributed by atoms with Gasteiger partial charge in [0.25, 0.3) is 11.8 Å². The molecule has 1 fully saturated rings. The van der Waals surface area contributed by atoms with Crippen LogP contribution in [0.5, 0.6) is 0 Å². The average Bonchev–Trinajstić information content (AvgIpc) is 3.51. The molecule has 1 saturated heterocycles. The molecule has 2 amide bonds. The number of quaternary nitrogens is 1. The lowest BCUT2D eigenvalue weighted by molar-refractivity contribution is -0.898. The van der Waals surface area contributed by atoms with E-state index in [0.29, 0.717) is 34.7 Å². The Kier molecular flexibility index (Phi) is 7.55. The number of rotatable bonds is 10. The second kappa shape index (κ2) is 10.7. The SMILES string of the molecule is CO/N=C(\C(=O)N[C@@H]1C(=O)N2C(C(=O)[O-])=C(/C=C/C[N+](C)(C)Cc3ncon3)CS[C@H]12)c1nsc(N)n1. The Labute approximate surface area is 218 Å². The normalized spacial score (nSPS) is 20.1. The summed E-state index contributed by atoms with van der Waals surface area (Å²) in [6, 6.07) is -0.985. The number of likely N-dealkylation sites (N-methyl/N-ethyl adjacent to an activating group) is 1. The van der Waals surface area contributed by atoms with Crippen molar-refractivity contribution in [2.75, 3.05) is 39.2 Å². The van der Waals surface area contributed by atoms with Gasteiger partial charge in [0.2, 0.25) is 23.8 Å². The quantitative estimate of drug-likeness (QED) is 0.144. The van der Waals surface area contributed by atoms with Gasteiger partial charge < -0.3 is 34.8 Å². The van der Waals surface area contributed by atoms with Crippen molar-refractivity contribution in [3.05, 3.63) is 41.5 Å². The second-order valence-corrected chi connectivity index (χ2v) is 10.5. The summed E-state index contributed by atoms with van der Waals surface area (Å²) in [6.45, 7) is 1.04. The van der Waals surface area contributed by atoms with Crippen LogP contribution in [0, 0.1) is 0 Å². The van der Waals surface area contributed by atoms with Crippen LogP contribution in [0.25, 0.3) is 0 Å². The van der Waals surface area contributed by atoms with Crippen molar-refractivity contribution in [1.29, 1.82) is 0 Å². The van der Waals surface area contributed by atoms with Gasteiger partial charge in [0.1, 0.15) is 25.1 Å². The molecule has 3 N–H and O–H groups in total. The first-order valence-corrected chi connectivity index (χ1v) is 12.6. The molecule has 2 aliphatic rings. The predicted molar refractivity (Wildman–Crippen MR) is 129 cm³/mol. The first kappa shape index (κ1) is 26.2. The molecule has 2 aromatic rings. The molecule has 2 atom stereocenters. The van der Waals surface area contributed by atoms with Crippen molar-refractivity contribution in [2.45, 2.75) is 18.0 Å². The van der Waals surface area contributed by atoms with Crippen LogP contribution < -0.4 is 16.2 Å². The number of carbonyl (C=O) groups excluding carboxylic acids is 3. The monoisotopic (exact) mass is 549 g/mol. The summed E-state index contributed by atoms with van der Waals surface area (Å²) >= 11 is 2.19. The van der Waals surface area contributed by atoms with Crippen LogP contribution >= 0.6 is 23.3 Å². The standard InChI is InChI=1S/C20H23N9O6S2/c1-29(2,7-11-22-9-35-25-11)6-4-5-10-8-36-18-13(17(31)28(18)14(10)19(32)33)23-16(30)12(26-34-3)15-24-20(21)37-27-15/h4-5,9,13,18H,6-8H2,1-3H3,(H3-,21,23,24,27,30,32,33)/b5-4+,26-12-/t13-,18-/m1/s1. The van der Waals surface area contributed by atoms with Gasteiger partial charge in [-0.25, -0.2) is 0 Å². The summed E-state index contributed by atoms with van der Waals surface area (Å²) < 4.78 is 9.19. The lowest BCUT2D eigenvalue weighted by Crippen LogP contribution is -2.71. The number of aliphatic carboxylic acids is 1. The fourth-order valence-corrected chi connectivity index (χ4v) is 5.52. The van der Waals surface area contributed by atoms with Gasteiger partial charge >= 0.3 is 0 Å². The minimum atomic E-state index is -1.48. The van der Waals surface area contributed by atoms with E-state index >= 15 is 0 Å². The molecule has 0 aliphatic carbocycles. The maximum Gasteiger partial charge on any atom is 0.278 e. The number of hydrogen-bond acceptors (Lipinski definition) is 14. The van der Waals surface area contributed by atoms with Gasteiger partial charge in [-0.15, -0.1) is 11.8 Å². The number of amides is 2. The maximum absolute atomic E-state index is 12.9. The number of carboxylic acid groups (broad SMARTS) is 1. The molecule has 2 aromatic heterocycles. The summed E-state index contributed by atoms with van der Waals surface area (Å²) in [4.78, 5) is 51.5. The zero-order chi connectivity index (χ0) is 26.7. The summed E-state index contributed by atoms with van der Waals surface area (Å²) in [5, 5.41) is 21.5. The van der Waals surface area contributed by atoms with Crippen LogP contribution in [0.15, 0.2) is 39.5 Å². The molecule has 37 heavy (non-hydrogen) atoms. The van der Waals surface area contributed by atoms with E-state index in [0.717, 1.165) is 16.4 Å². The van der Waals surface area contributed by atoms with Crippen molar-refractivity contribution in [3.63, 3.8) is 0 Å². The fourth-order valence-electron chi connectivity index (χ4n) is 3.77. The highest BCUT2D eigenvalue weighted by molar-refractivity contribution is 8.00. The van der Waals surface area contributed by atoms with Crippen LogP contribution in [-0.4, -0.2) is 97.3 Å². The predicted octanol–water partition coefficient (Wildman–Crippen LogP) is -1.91. The number of β-lactam (4-membered cyclic amide) rings is 1. The molecular formula is C20H23N9O6S2. The third kappa shape index (κ3) is 5.62. The number of oxime groups is 1. The smallest absolute Gasteiger partial charge is 0.278 e. The number of aromatic nitrogens is 4. The number of allylic oxidation sites excluding steroid dienone is 1. The average molecular weight is 550 g/mol. The Balaban J connectivity index is 1.46. The van der Waals surface area contributed by atoms with Gasteiger partial charge in [-0.05, 0) is 11.6 Å². The summed E-state index contributed by atoms with van der Waals surface area (Å²) in [7, 11) is 5.17. The first-order valence-electron chi connectivity index (χ1n) is 10.8. The van der Waals surface area contributed by atoms with Crippen LogP contribution in [0.4, 0.5) is 5.13 Å². The zero-order valence-electron chi connectivity index (χ0n) is 20.0. The van der Waals surface area contributed by atoms with E-state index in [2.05, 4.69) is 30.0 Å².